The number of carbonyl (C=O) groups is 1. The van der Waals surface area contributed by atoms with Crippen molar-refractivity contribution in [3.05, 3.63) is 12.4 Å². The number of piperidine rings is 1. The lowest BCUT2D eigenvalue weighted by Crippen LogP contribution is -2.59. The molecule has 0 aromatic carbocycles. The van der Waals surface area contributed by atoms with Crippen molar-refractivity contribution in [2.75, 3.05) is 17.9 Å². The molecule has 2 atom stereocenters. The Bertz CT molecular complexity index is 735. The van der Waals surface area contributed by atoms with Gasteiger partial charge in [-0.1, -0.05) is 0 Å². The Kier molecular flexibility index (Phi) is 5.30. The Morgan fingerprint density at radius 1 is 1.44 bits per heavy atom. The van der Waals surface area contributed by atoms with Crippen molar-refractivity contribution >= 4 is 21.9 Å². The van der Waals surface area contributed by atoms with Crippen molar-refractivity contribution in [3.8, 4) is 0 Å². The highest BCUT2D eigenvalue weighted by Gasteiger charge is 2.47. The van der Waals surface area contributed by atoms with Gasteiger partial charge in [-0.2, -0.15) is 26.7 Å². The Morgan fingerprint density at radius 3 is 2.56 bits per heavy atom. The van der Waals surface area contributed by atoms with Crippen LogP contribution in [0.5, 0.6) is 0 Å². The van der Waals surface area contributed by atoms with Gasteiger partial charge in [0, 0.05) is 19.8 Å². The van der Waals surface area contributed by atoms with Crippen LogP contribution in [0.2, 0.25) is 0 Å². The molecule has 2 heterocycles. The quantitative estimate of drug-likeness (QED) is 0.728. The number of aryl methyl sites for hydroxylation is 1. The number of anilines is 1. The predicted molar refractivity (Wildman–Crippen MR) is 80.4 cm³/mol. The van der Waals surface area contributed by atoms with Gasteiger partial charge in [0.1, 0.15) is 0 Å². The number of carbonyl (C=O) groups excluding carboxylic acids is 1. The van der Waals surface area contributed by atoms with Crippen LogP contribution in [0, 0.1) is 0 Å². The zero-order valence-corrected chi connectivity index (χ0v) is 14.3. The first-order valence-electron chi connectivity index (χ1n) is 7.20. The minimum Gasteiger partial charge on any atom is -0.437 e. The molecule has 1 fully saturated rings. The monoisotopic (exact) mass is 385 g/mol. The van der Waals surface area contributed by atoms with Gasteiger partial charge in [-0.15, -0.1) is 0 Å². The number of likely N-dealkylation sites (tertiary alicyclic amines) is 1. The first kappa shape index (κ1) is 19.5. The van der Waals surface area contributed by atoms with Crippen LogP contribution in [0.15, 0.2) is 12.4 Å². The van der Waals surface area contributed by atoms with E-state index in [0.29, 0.717) is 13.0 Å². The Hall–Kier alpha value is -1.86. The summed E-state index contributed by atoms with van der Waals surface area (Å²) in [5, 5.41) is 9.10. The second kappa shape index (κ2) is 6.80. The van der Waals surface area contributed by atoms with E-state index in [0.717, 1.165) is 4.31 Å². The molecule has 0 aliphatic carbocycles. The Labute approximate surface area is 142 Å². The molecule has 1 aromatic heterocycles. The van der Waals surface area contributed by atoms with E-state index in [9.17, 15) is 26.4 Å². The van der Waals surface area contributed by atoms with Crippen LogP contribution in [0.3, 0.4) is 0 Å². The van der Waals surface area contributed by atoms with Crippen LogP contribution in [0.4, 0.5) is 18.9 Å². The number of hydrogen-bond donors (Lipinski definition) is 1. The minimum atomic E-state index is -5.19. The largest absolute Gasteiger partial charge is 0.490 e. The van der Waals surface area contributed by atoms with Crippen LogP contribution < -0.4 is 9.44 Å². The molecule has 0 spiro atoms. The van der Waals surface area contributed by atoms with E-state index in [1.807, 2.05) is 0 Å². The molecule has 2 N–H and O–H groups in total. The van der Waals surface area contributed by atoms with Crippen LogP contribution in [-0.2, 0) is 26.8 Å². The zero-order valence-electron chi connectivity index (χ0n) is 13.5. The predicted octanol–water partition coefficient (Wildman–Crippen LogP) is -0.0442. The molecule has 142 valence electrons. The van der Waals surface area contributed by atoms with E-state index in [1.165, 1.54) is 29.0 Å². The highest BCUT2D eigenvalue weighted by atomic mass is 32.2. The van der Waals surface area contributed by atoms with E-state index in [2.05, 4.69) is 9.84 Å². The highest BCUT2D eigenvalue weighted by molar-refractivity contribution is 7.90. The van der Waals surface area contributed by atoms with Crippen LogP contribution in [0.25, 0.3) is 0 Å². The fraction of sp³-hybridized carbons (Fsp3) is 0.667. The summed E-state index contributed by atoms with van der Waals surface area (Å²) in [6, 6.07) is -1.12. The van der Waals surface area contributed by atoms with Gasteiger partial charge in [0.05, 0.1) is 17.9 Å². The lowest BCUT2D eigenvalue weighted by molar-refractivity contribution is -0.215. The third-order valence-electron chi connectivity index (χ3n) is 3.75. The molecule has 13 heteroatoms. The number of ether oxygens (including phenoxy) is 1. The number of rotatable bonds is 4. The van der Waals surface area contributed by atoms with E-state index in [4.69, 9.17) is 5.14 Å². The van der Waals surface area contributed by atoms with Gasteiger partial charge < -0.3 is 4.74 Å². The van der Waals surface area contributed by atoms with Gasteiger partial charge >= 0.3 is 12.1 Å². The number of esters is 1. The van der Waals surface area contributed by atoms with Crippen molar-refractivity contribution < 1.29 is 31.1 Å². The third kappa shape index (κ3) is 4.41. The van der Waals surface area contributed by atoms with Gasteiger partial charge in [0.2, 0.25) is 0 Å². The summed E-state index contributed by atoms with van der Waals surface area (Å²) in [6.07, 6.45) is -3.44. The Balaban J connectivity index is 2.40. The maximum absolute atomic E-state index is 12.6. The summed E-state index contributed by atoms with van der Waals surface area (Å²) in [5.41, 5.74) is 0.0679. The van der Waals surface area contributed by atoms with Crippen molar-refractivity contribution in [3.63, 3.8) is 0 Å². The summed E-state index contributed by atoms with van der Waals surface area (Å²) in [7, 11) is -1.37. The first-order chi connectivity index (χ1) is 11.4. The van der Waals surface area contributed by atoms with Gasteiger partial charge in [0.25, 0.3) is 10.2 Å². The van der Waals surface area contributed by atoms with Gasteiger partial charge in [-0.3, -0.25) is 9.58 Å². The summed E-state index contributed by atoms with van der Waals surface area (Å²) in [5.74, 6) is -2.39. The van der Waals surface area contributed by atoms with Crippen LogP contribution in [-0.4, -0.2) is 61.1 Å². The fourth-order valence-corrected chi connectivity index (χ4v) is 3.72. The first-order valence-corrected chi connectivity index (χ1v) is 8.70. The van der Waals surface area contributed by atoms with Crippen molar-refractivity contribution in [1.29, 1.82) is 0 Å². The molecule has 0 amide bonds. The average molecular weight is 385 g/mol. The summed E-state index contributed by atoms with van der Waals surface area (Å²) >= 11 is 0. The van der Waals surface area contributed by atoms with Gasteiger partial charge in [-0.25, -0.2) is 14.2 Å². The lowest BCUT2D eigenvalue weighted by atomic mass is 10.0. The molecule has 0 bridgehead atoms. The van der Waals surface area contributed by atoms with Crippen LogP contribution >= 0.6 is 0 Å². The normalized spacial score (nSPS) is 22.6. The zero-order chi connectivity index (χ0) is 19.0. The fourth-order valence-electron chi connectivity index (χ4n) is 2.74. The Morgan fingerprint density at radius 2 is 2.08 bits per heavy atom. The molecule has 1 saturated heterocycles. The second-order valence-electron chi connectivity index (χ2n) is 5.70. The van der Waals surface area contributed by atoms with E-state index < -0.39 is 34.6 Å². The molecule has 1 aromatic rings. The maximum Gasteiger partial charge on any atom is 0.490 e. The number of aromatic nitrogens is 2. The number of nitrogens with two attached hydrogens (primary N) is 1. The summed E-state index contributed by atoms with van der Waals surface area (Å²) < 4.78 is 68.4. The molecule has 25 heavy (non-hydrogen) atoms. The van der Waals surface area contributed by atoms with Gasteiger partial charge in [0.15, 0.2) is 6.23 Å². The number of nitrogens with zero attached hydrogens (tertiary/aromatic N) is 4. The molecular weight excluding hydrogens is 367 g/mol. The number of halogens is 3. The number of hydrogen-bond acceptors (Lipinski definition) is 6. The van der Waals surface area contributed by atoms with Crippen molar-refractivity contribution in [1.82, 2.24) is 14.7 Å². The third-order valence-corrected chi connectivity index (χ3v) is 4.78. The van der Waals surface area contributed by atoms with E-state index >= 15 is 0 Å². The second-order valence-corrected chi connectivity index (χ2v) is 7.12. The van der Waals surface area contributed by atoms with Crippen molar-refractivity contribution in [2.45, 2.75) is 31.3 Å². The molecule has 9 nitrogen and oxygen atoms in total. The molecule has 1 aliphatic heterocycles. The molecular formula is C12H18F3N5O4S. The topological polar surface area (TPSA) is 111 Å². The molecule has 2 unspecified atom stereocenters. The minimum absolute atomic E-state index is 0.0679. The highest BCUT2D eigenvalue weighted by Crippen LogP contribution is 2.30. The van der Waals surface area contributed by atoms with Crippen molar-refractivity contribution in [2.24, 2.45) is 12.2 Å². The van der Waals surface area contributed by atoms with E-state index in [1.54, 1.807) is 7.05 Å². The van der Waals surface area contributed by atoms with Crippen LogP contribution in [0.1, 0.15) is 12.8 Å². The smallest absolute Gasteiger partial charge is 0.437 e. The summed E-state index contributed by atoms with van der Waals surface area (Å²) in [6.45, 7) is 0.331. The number of alkyl halides is 3. The SMILES string of the molecule is CN1CCCC(N(c2cnn(C)c2)S(N)(=O)=O)C1OC(=O)C(F)(F)F. The average Bonchev–Trinajstić information content (AvgIpc) is 2.86. The molecule has 0 saturated carbocycles. The lowest BCUT2D eigenvalue weighted by Gasteiger charge is -2.42. The number of likely N-dealkylation sites (N-methyl/N-ethyl adjacent to an activating group) is 1. The van der Waals surface area contributed by atoms with E-state index in [-0.39, 0.29) is 12.1 Å². The standard InChI is InChI=1S/C12H18F3N5O4S/c1-18-5-3-4-9(10(18)24-11(21)12(13,14)15)20(25(16,22)23)8-6-17-19(2)7-8/h6-7,9-10H,3-5H2,1-2H3,(H2,16,22,23). The summed E-state index contributed by atoms with van der Waals surface area (Å²) in [4.78, 5) is 12.6. The molecule has 1 aliphatic rings. The van der Waals surface area contributed by atoms with Gasteiger partial charge in [-0.05, 0) is 19.9 Å². The maximum atomic E-state index is 12.6. The molecule has 2 rings (SSSR count). The molecule has 0 radical (unpaired) electrons.